The number of Topliss-reactive ketones (excluding diaryl/α,β-unsaturated/α-hetero) is 1. The Morgan fingerprint density at radius 1 is 1.36 bits per heavy atom. The van der Waals surface area contributed by atoms with Crippen LogP contribution >= 0.6 is 0 Å². The van der Waals surface area contributed by atoms with Gasteiger partial charge in [-0.15, -0.1) is 0 Å². The molecule has 0 saturated carbocycles. The molecule has 2 atom stereocenters. The Kier molecular flexibility index (Phi) is 3.08. The van der Waals surface area contributed by atoms with Crippen LogP contribution in [0.1, 0.15) is 22.1 Å². The number of ketones is 1. The van der Waals surface area contributed by atoms with Gasteiger partial charge in [-0.1, -0.05) is 13.8 Å². The molecule has 0 spiro atoms. The fourth-order valence-corrected chi connectivity index (χ4v) is 0.669. The van der Waals surface area contributed by atoms with Crippen LogP contribution in [0.15, 0.2) is 0 Å². The van der Waals surface area contributed by atoms with Crippen molar-refractivity contribution in [1.29, 1.82) is 0 Å². The maximum atomic E-state index is 11.0. The summed E-state index contributed by atoms with van der Waals surface area (Å²) in [4.78, 5) is 21.9. The van der Waals surface area contributed by atoms with E-state index in [9.17, 15) is 9.59 Å². The third-order valence-electron chi connectivity index (χ3n) is 1.83. The average Bonchev–Trinajstić information content (AvgIpc) is 2.12. The zero-order valence-electron chi connectivity index (χ0n) is 8.09. The Morgan fingerprint density at radius 3 is 2.27 bits per heavy atom. The van der Waals surface area contributed by atoms with Gasteiger partial charge in [0.2, 0.25) is 0 Å². The van der Waals surface area contributed by atoms with Gasteiger partial charge >= 0.3 is 5.97 Å². The molecule has 0 heterocycles. The molecule has 0 aromatic rings. The van der Waals surface area contributed by atoms with Crippen LogP contribution in [0.5, 0.6) is 0 Å². The zero-order valence-corrected chi connectivity index (χ0v) is 7.09. The quantitative estimate of drug-likeness (QED) is 0.577. The van der Waals surface area contributed by atoms with Crippen molar-refractivity contribution in [2.75, 3.05) is 7.11 Å². The molecule has 0 saturated heterocycles. The maximum Gasteiger partial charge on any atom is 0.309 e. The topological polar surface area (TPSA) is 43.4 Å². The number of esters is 1. The molecule has 0 aliphatic carbocycles. The molecule has 0 amide bonds. The molecule has 0 aromatic carbocycles. The second-order valence-corrected chi connectivity index (χ2v) is 2.57. The van der Waals surface area contributed by atoms with E-state index in [0.29, 0.717) is 0 Å². The number of carbonyl (C=O) groups excluding carboxylic acids is 2. The number of carbonyl (C=O) groups is 2. The van der Waals surface area contributed by atoms with Gasteiger partial charge in [0, 0.05) is 7.29 Å². The van der Waals surface area contributed by atoms with Gasteiger partial charge in [-0.25, -0.2) is 0 Å². The number of rotatable bonds is 3. The minimum atomic E-state index is -0.451. The Labute approximate surface area is 68.1 Å². The van der Waals surface area contributed by atoms with Gasteiger partial charge in [0.25, 0.3) is 0 Å². The summed E-state index contributed by atoms with van der Waals surface area (Å²) in [5, 5.41) is 0. The van der Waals surface area contributed by atoms with E-state index >= 15 is 0 Å². The molecule has 0 fully saturated rings. The molecular weight excluding hydrogens is 144 g/mol. The first kappa shape index (κ1) is 8.24. The van der Waals surface area contributed by atoms with Crippen LogP contribution < -0.4 is 0 Å². The maximum absolute atomic E-state index is 11.0. The summed E-state index contributed by atoms with van der Waals surface area (Å²) in [6.07, 6.45) is 0. The summed E-state index contributed by atoms with van der Waals surface area (Å²) in [7, 11) is 1.29. The van der Waals surface area contributed by atoms with Crippen LogP contribution in [0.4, 0.5) is 0 Å². The molecule has 0 aromatic heterocycles. The summed E-state index contributed by atoms with van der Waals surface area (Å²) in [6, 6.07) is 0. The van der Waals surface area contributed by atoms with Gasteiger partial charge in [-0.3, -0.25) is 9.59 Å². The van der Waals surface area contributed by atoms with Crippen molar-refractivity contribution in [3.05, 3.63) is 0 Å². The van der Waals surface area contributed by atoms with E-state index < -0.39 is 17.8 Å². The number of ether oxygens (including phenoxy) is 1. The van der Waals surface area contributed by atoms with Crippen LogP contribution in [0.3, 0.4) is 0 Å². The highest BCUT2D eigenvalue weighted by atomic mass is 16.5. The Hall–Kier alpha value is -0.860. The lowest BCUT2D eigenvalue weighted by Crippen LogP contribution is -2.24. The molecule has 2 unspecified atom stereocenters. The standard InChI is InChI=1S/C8H14O3/c1-5(7(3)9)6(2)8(10)11-4/h5-6H,1-4H3/i3D. The Balaban J connectivity index is 4.18. The molecule has 11 heavy (non-hydrogen) atoms. The van der Waals surface area contributed by atoms with E-state index in [1.54, 1.807) is 13.8 Å². The molecule has 3 heteroatoms. The highest BCUT2D eigenvalue weighted by Crippen LogP contribution is 2.12. The van der Waals surface area contributed by atoms with E-state index in [0.717, 1.165) is 0 Å². The first-order valence-electron chi connectivity index (χ1n) is 4.15. The molecule has 0 bridgehead atoms. The normalized spacial score (nSPS) is 16.5. The molecule has 3 nitrogen and oxygen atoms in total. The fourth-order valence-electron chi connectivity index (χ4n) is 0.669. The molecule has 0 radical (unpaired) electrons. The summed E-state index contributed by atoms with van der Waals surface area (Å²) >= 11 is 0. The minimum Gasteiger partial charge on any atom is -0.469 e. The van der Waals surface area contributed by atoms with Crippen LogP contribution in [-0.4, -0.2) is 18.9 Å². The van der Waals surface area contributed by atoms with Crippen LogP contribution in [0.2, 0.25) is 0 Å². The predicted molar refractivity (Wildman–Crippen MR) is 41.0 cm³/mol. The van der Waals surface area contributed by atoms with Gasteiger partial charge in [0.1, 0.15) is 5.78 Å². The van der Waals surface area contributed by atoms with Crippen LogP contribution in [0, 0.1) is 11.8 Å². The number of methoxy groups -OCH3 is 1. The SMILES string of the molecule is [2H]CC(=O)C(C)C(C)C(=O)OC. The highest BCUT2D eigenvalue weighted by molar-refractivity contribution is 5.84. The van der Waals surface area contributed by atoms with Crippen molar-refractivity contribution < 1.29 is 15.7 Å². The second kappa shape index (κ2) is 4.11. The van der Waals surface area contributed by atoms with Gasteiger partial charge in [-0.05, 0) is 6.90 Å². The Bertz CT molecular complexity index is 159. The van der Waals surface area contributed by atoms with E-state index in [4.69, 9.17) is 1.37 Å². The third-order valence-corrected chi connectivity index (χ3v) is 1.83. The van der Waals surface area contributed by atoms with Crippen LogP contribution in [-0.2, 0) is 14.3 Å². The fraction of sp³-hybridized carbons (Fsp3) is 0.750. The smallest absolute Gasteiger partial charge is 0.309 e. The predicted octanol–water partition coefficient (Wildman–Crippen LogP) is 1.02. The van der Waals surface area contributed by atoms with E-state index in [2.05, 4.69) is 4.74 Å². The largest absolute Gasteiger partial charge is 0.469 e. The number of hydrogen-bond donors (Lipinski definition) is 0. The number of hydrogen-bond acceptors (Lipinski definition) is 3. The molecule has 0 aliphatic rings. The molecule has 64 valence electrons. The second-order valence-electron chi connectivity index (χ2n) is 2.57. The van der Waals surface area contributed by atoms with Gasteiger partial charge in [0.05, 0.1) is 13.0 Å². The van der Waals surface area contributed by atoms with E-state index in [1.807, 2.05) is 0 Å². The molecular formula is C8H14O3. The lowest BCUT2D eigenvalue weighted by atomic mass is 9.93. The van der Waals surface area contributed by atoms with Crippen molar-refractivity contribution in [1.82, 2.24) is 0 Å². The molecule has 0 rings (SSSR count). The lowest BCUT2D eigenvalue weighted by Gasteiger charge is -2.13. The van der Waals surface area contributed by atoms with Crippen molar-refractivity contribution in [3.63, 3.8) is 0 Å². The van der Waals surface area contributed by atoms with Crippen molar-refractivity contribution in [3.8, 4) is 0 Å². The first-order valence-corrected chi connectivity index (χ1v) is 3.44. The zero-order chi connectivity index (χ0) is 9.72. The van der Waals surface area contributed by atoms with Crippen molar-refractivity contribution >= 4 is 11.8 Å². The summed E-state index contributed by atoms with van der Waals surface area (Å²) in [5.74, 6) is -1.50. The minimum absolute atomic E-state index is 0.229. The highest BCUT2D eigenvalue weighted by Gasteiger charge is 2.23. The van der Waals surface area contributed by atoms with Gasteiger partial charge in [0.15, 0.2) is 0 Å². The third kappa shape index (κ3) is 2.70. The van der Waals surface area contributed by atoms with E-state index in [-0.39, 0.29) is 12.7 Å². The lowest BCUT2D eigenvalue weighted by molar-refractivity contribution is -0.148. The average molecular weight is 159 g/mol. The summed E-state index contributed by atoms with van der Waals surface area (Å²) < 4.78 is 11.3. The van der Waals surface area contributed by atoms with E-state index in [1.165, 1.54) is 7.11 Å². The van der Waals surface area contributed by atoms with Crippen LogP contribution in [0.25, 0.3) is 0 Å². The summed E-state index contributed by atoms with van der Waals surface area (Å²) in [6.45, 7) is 2.99. The van der Waals surface area contributed by atoms with Crippen molar-refractivity contribution in [2.45, 2.75) is 20.7 Å². The molecule has 0 aliphatic heterocycles. The first-order chi connectivity index (χ1) is 5.54. The molecule has 0 N–H and O–H groups in total. The monoisotopic (exact) mass is 159 g/mol. The Morgan fingerprint density at radius 2 is 1.91 bits per heavy atom. The van der Waals surface area contributed by atoms with Gasteiger partial charge < -0.3 is 4.74 Å². The van der Waals surface area contributed by atoms with Crippen molar-refractivity contribution in [2.24, 2.45) is 11.8 Å². The summed E-state index contributed by atoms with van der Waals surface area (Å²) in [5.41, 5.74) is 0. The van der Waals surface area contributed by atoms with Gasteiger partial charge in [-0.2, -0.15) is 0 Å².